The van der Waals surface area contributed by atoms with Gasteiger partial charge in [-0.05, 0) is 38.3 Å². The highest BCUT2D eigenvalue weighted by Gasteiger charge is 2.30. The fourth-order valence-electron chi connectivity index (χ4n) is 4.54. The summed E-state index contributed by atoms with van der Waals surface area (Å²) in [6.07, 6.45) is 4.15. The minimum absolute atomic E-state index is 0.0402. The van der Waals surface area contributed by atoms with E-state index in [0.29, 0.717) is 6.61 Å². The number of carbonyl (C=O) groups is 1. The van der Waals surface area contributed by atoms with Gasteiger partial charge in [0.15, 0.2) is 0 Å². The maximum atomic E-state index is 13.0. The molecule has 1 amide bonds. The zero-order valence-electron chi connectivity index (χ0n) is 17.4. The molecule has 7 heteroatoms. The molecule has 0 radical (unpaired) electrons. The Balaban J connectivity index is 1.26. The molecule has 0 saturated carbocycles. The van der Waals surface area contributed by atoms with Gasteiger partial charge in [-0.25, -0.2) is 9.97 Å². The Morgan fingerprint density at radius 2 is 1.97 bits per heavy atom. The predicted molar refractivity (Wildman–Crippen MR) is 119 cm³/mol. The maximum Gasteiger partial charge on any atom is 0.223 e. The molecule has 4 heterocycles. The summed E-state index contributed by atoms with van der Waals surface area (Å²) in [5.41, 5.74) is 2.35. The normalized spacial score (nSPS) is 19.4. The van der Waals surface area contributed by atoms with Crippen LogP contribution in [0.15, 0.2) is 30.6 Å². The molecule has 5 rings (SSSR count). The minimum Gasteiger partial charge on any atom is -0.493 e. The van der Waals surface area contributed by atoms with Crippen LogP contribution in [0.3, 0.4) is 0 Å². The number of ether oxygens (including phenoxy) is 1. The molecule has 2 aliphatic rings. The summed E-state index contributed by atoms with van der Waals surface area (Å²) in [5.74, 6) is 2.10. The summed E-state index contributed by atoms with van der Waals surface area (Å²) < 4.78 is 5.72. The van der Waals surface area contributed by atoms with Crippen LogP contribution in [0.5, 0.6) is 5.75 Å². The Morgan fingerprint density at radius 1 is 1.17 bits per heavy atom. The van der Waals surface area contributed by atoms with Crippen molar-refractivity contribution < 1.29 is 9.53 Å². The van der Waals surface area contributed by atoms with Crippen molar-refractivity contribution in [3.8, 4) is 5.75 Å². The number of hydrogen-bond donors (Lipinski definition) is 1. The fraction of sp³-hybridized carbons (Fsp3) is 0.435. The molecule has 1 aromatic carbocycles. The third kappa shape index (κ3) is 3.41. The van der Waals surface area contributed by atoms with E-state index in [4.69, 9.17) is 4.74 Å². The molecule has 1 unspecified atom stereocenters. The number of aryl methyl sites for hydroxylation is 2. The Kier molecular flexibility index (Phi) is 5.06. The number of fused-ring (bicyclic) bond motifs is 2. The van der Waals surface area contributed by atoms with Crippen LogP contribution < -0.4 is 15.0 Å². The minimum atomic E-state index is 0.0402. The van der Waals surface area contributed by atoms with Crippen LogP contribution in [0.4, 0.5) is 5.82 Å². The van der Waals surface area contributed by atoms with Crippen LogP contribution >= 0.6 is 11.3 Å². The lowest BCUT2D eigenvalue weighted by molar-refractivity contribution is -0.126. The second-order valence-corrected chi connectivity index (χ2v) is 9.36. The van der Waals surface area contributed by atoms with E-state index in [1.54, 1.807) is 17.7 Å². The molecule has 1 N–H and O–H groups in total. The van der Waals surface area contributed by atoms with Crippen LogP contribution in [0.1, 0.15) is 41.3 Å². The van der Waals surface area contributed by atoms with Gasteiger partial charge in [0, 0.05) is 35.9 Å². The lowest BCUT2D eigenvalue weighted by atomic mass is 9.94. The van der Waals surface area contributed by atoms with E-state index in [1.165, 1.54) is 15.8 Å². The van der Waals surface area contributed by atoms with Crippen molar-refractivity contribution in [3.63, 3.8) is 0 Å². The number of benzene rings is 1. The Bertz CT molecular complexity index is 1090. The number of rotatable bonds is 3. The molecule has 6 nitrogen and oxygen atoms in total. The number of carbonyl (C=O) groups excluding carboxylic acids is 1. The van der Waals surface area contributed by atoms with Gasteiger partial charge in [0.1, 0.15) is 22.7 Å². The van der Waals surface area contributed by atoms with Crippen LogP contribution in [-0.2, 0) is 4.79 Å². The van der Waals surface area contributed by atoms with Crippen molar-refractivity contribution in [1.29, 1.82) is 0 Å². The number of aromatic nitrogens is 2. The quantitative estimate of drug-likeness (QED) is 0.686. The van der Waals surface area contributed by atoms with E-state index < -0.39 is 0 Å². The van der Waals surface area contributed by atoms with Gasteiger partial charge in [0.2, 0.25) is 5.91 Å². The van der Waals surface area contributed by atoms with Gasteiger partial charge in [-0.2, -0.15) is 0 Å². The molecule has 2 aliphatic heterocycles. The van der Waals surface area contributed by atoms with Gasteiger partial charge in [-0.3, -0.25) is 4.79 Å². The van der Waals surface area contributed by atoms with Crippen molar-refractivity contribution in [1.82, 2.24) is 15.3 Å². The lowest BCUT2D eigenvalue weighted by Crippen LogP contribution is -2.42. The van der Waals surface area contributed by atoms with E-state index in [9.17, 15) is 4.79 Å². The Hall–Kier alpha value is -2.67. The van der Waals surface area contributed by atoms with Crippen molar-refractivity contribution in [3.05, 3.63) is 46.6 Å². The van der Waals surface area contributed by atoms with E-state index in [0.717, 1.165) is 54.3 Å². The molecule has 0 aliphatic carbocycles. The smallest absolute Gasteiger partial charge is 0.223 e. The van der Waals surface area contributed by atoms with E-state index in [1.807, 2.05) is 24.3 Å². The molecule has 3 aromatic rings. The SMILES string of the molecule is Cc1sc2ncnc(N3CCC(C(=O)NC4CCOc5ccccc54)CC3)c2c1C. The molecule has 0 bridgehead atoms. The van der Waals surface area contributed by atoms with Crippen LogP contribution in [0, 0.1) is 19.8 Å². The molecular weight excluding hydrogens is 396 g/mol. The predicted octanol–water partition coefficient (Wildman–Crippen LogP) is 4.16. The molecule has 156 valence electrons. The van der Waals surface area contributed by atoms with Gasteiger partial charge in [-0.15, -0.1) is 11.3 Å². The van der Waals surface area contributed by atoms with Crippen molar-refractivity contribution in [2.75, 3.05) is 24.6 Å². The Labute approximate surface area is 180 Å². The molecule has 30 heavy (non-hydrogen) atoms. The summed E-state index contributed by atoms with van der Waals surface area (Å²) in [7, 11) is 0. The van der Waals surface area contributed by atoms with Crippen LogP contribution in [0.2, 0.25) is 0 Å². The number of hydrogen-bond acceptors (Lipinski definition) is 6. The molecular formula is C23H26N4O2S. The fourth-order valence-corrected chi connectivity index (χ4v) is 5.53. The number of piperidine rings is 1. The highest BCUT2D eigenvalue weighted by atomic mass is 32.1. The first-order chi connectivity index (χ1) is 14.6. The number of nitrogens with one attached hydrogen (secondary N) is 1. The molecule has 0 spiro atoms. The topological polar surface area (TPSA) is 67.4 Å². The second-order valence-electron chi connectivity index (χ2n) is 8.16. The second kappa shape index (κ2) is 7.87. The van der Waals surface area contributed by atoms with E-state index in [-0.39, 0.29) is 17.9 Å². The van der Waals surface area contributed by atoms with Gasteiger partial charge in [0.25, 0.3) is 0 Å². The average Bonchev–Trinajstić information content (AvgIpc) is 3.08. The maximum absolute atomic E-state index is 13.0. The zero-order valence-corrected chi connectivity index (χ0v) is 18.2. The van der Waals surface area contributed by atoms with Crippen molar-refractivity contribution >= 4 is 33.3 Å². The first-order valence-corrected chi connectivity index (χ1v) is 11.4. The number of anilines is 1. The van der Waals surface area contributed by atoms with Crippen molar-refractivity contribution in [2.24, 2.45) is 5.92 Å². The Morgan fingerprint density at radius 3 is 2.80 bits per heavy atom. The highest BCUT2D eigenvalue weighted by Crippen LogP contribution is 2.36. The molecule has 2 aromatic heterocycles. The summed E-state index contributed by atoms with van der Waals surface area (Å²) in [6.45, 7) is 6.60. The first-order valence-electron chi connectivity index (χ1n) is 10.6. The van der Waals surface area contributed by atoms with Gasteiger partial charge < -0.3 is 15.0 Å². The van der Waals surface area contributed by atoms with Crippen LogP contribution in [-0.4, -0.2) is 35.6 Å². The monoisotopic (exact) mass is 422 g/mol. The van der Waals surface area contributed by atoms with Crippen molar-refractivity contribution in [2.45, 2.75) is 39.2 Å². The lowest BCUT2D eigenvalue weighted by Gasteiger charge is -2.34. The number of amides is 1. The van der Waals surface area contributed by atoms with E-state index in [2.05, 4.69) is 34.0 Å². The highest BCUT2D eigenvalue weighted by molar-refractivity contribution is 7.18. The zero-order chi connectivity index (χ0) is 20.7. The van der Waals surface area contributed by atoms with Gasteiger partial charge in [0.05, 0.1) is 18.0 Å². The van der Waals surface area contributed by atoms with E-state index >= 15 is 0 Å². The first kappa shape index (κ1) is 19.3. The number of nitrogens with zero attached hydrogens (tertiary/aromatic N) is 3. The summed E-state index contributed by atoms with van der Waals surface area (Å²) in [5, 5.41) is 4.45. The number of para-hydroxylation sites is 1. The standard InChI is InChI=1S/C23H26N4O2S/c1-14-15(2)30-23-20(14)21(24-13-25-23)27-10-7-16(8-11-27)22(28)26-18-9-12-29-19-6-4-3-5-17(18)19/h3-6,13,16,18H,7-12H2,1-2H3,(H,26,28). The molecule has 1 saturated heterocycles. The summed E-state index contributed by atoms with van der Waals surface area (Å²) in [6, 6.07) is 8.04. The molecule has 1 atom stereocenters. The van der Waals surface area contributed by atoms with Gasteiger partial charge in [-0.1, -0.05) is 18.2 Å². The van der Waals surface area contributed by atoms with Crippen LogP contribution in [0.25, 0.3) is 10.2 Å². The van der Waals surface area contributed by atoms with Gasteiger partial charge >= 0.3 is 0 Å². The average molecular weight is 423 g/mol. The third-order valence-electron chi connectivity index (χ3n) is 6.39. The largest absolute Gasteiger partial charge is 0.493 e. The third-order valence-corrected chi connectivity index (χ3v) is 7.50. The number of thiophene rings is 1. The summed E-state index contributed by atoms with van der Waals surface area (Å²) >= 11 is 1.72. The summed E-state index contributed by atoms with van der Waals surface area (Å²) in [4.78, 5) is 26.7. The molecule has 1 fully saturated rings.